The molecule has 0 radical (unpaired) electrons. The van der Waals surface area contributed by atoms with E-state index in [-0.39, 0.29) is 24.0 Å². The van der Waals surface area contributed by atoms with E-state index in [0.717, 1.165) is 16.7 Å². The quantitative estimate of drug-likeness (QED) is 0.595. The van der Waals surface area contributed by atoms with Crippen LogP contribution in [0, 0.1) is 0 Å². The van der Waals surface area contributed by atoms with Crippen molar-refractivity contribution in [1.29, 1.82) is 0 Å². The predicted molar refractivity (Wildman–Crippen MR) is 115 cm³/mol. The van der Waals surface area contributed by atoms with Crippen LogP contribution < -0.4 is 18.9 Å². The van der Waals surface area contributed by atoms with E-state index in [0.29, 0.717) is 33.4 Å². The van der Waals surface area contributed by atoms with Gasteiger partial charge in [0.2, 0.25) is 6.79 Å². The van der Waals surface area contributed by atoms with E-state index in [1.165, 1.54) is 13.2 Å². The highest BCUT2D eigenvalue weighted by molar-refractivity contribution is 8.18. The minimum atomic E-state index is -1.12. The van der Waals surface area contributed by atoms with Crippen molar-refractivity contribution < 1.29 is 38.4 Å². The van der Waals surface area contributed by atoms with Crippen LogP contribution in [0.2, 0.25) is 5.02 Å². The first kappa shape index (κ1) is 21.8. The zero-order chi connectivity index (χ0) is 22.8. The Morgan fingerprint density at radius 3 is 2.69 bits per heavy atom. The second kappa shape index (κ2) is 9.01. The van der Waals surface area contributed by atoms with Gasteiger partial charge in [0.05, 0.1) is 18.6 Å². The lowest BCUT2D eigenvalue weighted by molar-refractivity contribution is -0.139. The van der Waals surface area contributed by atoms with Gasteiger partial charge in [-0.05, 0) is 47.2 Å². The number of ether oxygens (including phenoxy) is 4. The molecule has 2 aliphatic rings. The molecule has 11 heteroatoms. The van der Waals surface area contributed by atoms with Gasteiger partial charge in [-0.3, -0.25) is 14.5 Å². The van der Waals surface area contributed by atoms with Crippen LogP contribution >= 0.6 is 23.4 Å². The molecule has 0 aromatic heterocycles. The summed E-state index contributed by atoms with van der Waals surface area (Å²) < 4.78 is 21.0. The summed E-state index contributed by atoms with van der Waals surface area (Å²) in [5.74, 6) is -0.0167. The Morgan fingerprint density at radius 2 is 1.97 bits per heavy atom. The number of hydrogen-bond donors (Lipinski definition) is 1. The molecule has 166 valence electrons. The minimum Gasteiger partial charge on any atom is -0.493 e. The van der Waals surface area contributed by atoms with Crippen LogP contribution in [0.5, 0.6) is 23.0 Å². The Balaban J connectivity index is 1.53. The normalized spacial score (nSPS) is 16.1. The molecule has 4 rings (SSSR count). The van der Waals surface area contributed by atoms with E-state index in [1.54, 1.807) is 30.3 Å². The van der Waals surface area contributed by atoms with Crippen molar-refractivity contribution in [2.24, 2.45) is 0 Å². The highest BCUT2D eigenvalue weighted by Crippen LogP contribution is 2.39. The molecule has 1 N–H and O–H groups in total. The topological polar surface area (TPSA) is 112 Å². The number of thioether (sulfide) groups is 1. The third-order valence-electron chi connectivity index (χ3n) is 4.58. The Labute approximate surface area is 191 Å². The molecule has 1 saturated heterocycles. The Bertz CT molecular complexity index is 1150. The number of carboxylic acids is 1. The highest BCUT2D eigenvalue weighted by atomic mass is 35.5. The number of hydrogen-bond acceptors (Lipinski definition) is 8. The molecular formula is C21H16ClNO8S. The van der Waals surface area contributed by atoms with E-state index in [4.69, 9.17) is 35.7 Å². The Morgan fingerprint density at radius 1 is 1.22 bits per heavy atom. The number of rotatable bonds is 7. The average Bonchev–Trinajstić information content (AvgIpc) is 3.31. The average molecular weight is 478 g/mol. The lowest BCUT2D eigenvalue weighted by Gasteiger charge is -2.14. The van der Waals surface area contributed by atoms with Gasteiger partial charge in [-0.25, -0.2) is 4.79 Å². The third kappa shape index (κ3) is 4.46. The van der Waals surface area contributed by atoms with Gasteiger partial charge in [-0.15, -0.1) is 0 Å². The molecule has 0 bridgehead atoms. The number of carboxylic acid groups (broad SMARTS) is 1. The number of halogens is 1. The number of imide groups is 1. The molecule has 2 aromatic rings. The summed E-state index contributed by atoms with van der Waals surface area (Å²) in [4.78, 5) is 37.4. The first-order chi connectivity index (χ1) is 15.4. The van der Waals surface area contributed by atoms with E-state index >= 15 is 0 Å². The van der Waals surface area contributed by atoms with Gasteiger partial charge >= 0.3 is 5.97 Å². The van der Waals surface area contributed by atoms with Crippen LogP contribution in [-0.2, 0) is 16.1 Å². The summed E-state index contributed by atoms with van der Waals surface area (Å²) >= 11 is 7.08. The van der Waals surface area contributed by atoms with Gasteiger partial charge in [-0.2, -0.15) is 0 Å². The SMILES string of the molecule is COc1cc(/C=C2\SC(=O)N(Cc3cc4c(cc3Cl)OCO4)C2=O)ccc1OCC(=O)O. The molecule has 1 fully saturated rings. The summed E-state index contributed by atoms with van der Waals surface area (Å²) in [6, 6.07) is 7.99. The Hall–Kier alpha value is -3.37. The highest BCUT2D eigenvalue weighted by Gasteiger charge is 2.35. The number of fused-ring (bicyclic) bond motifs is 1. The molecule has 2 aromatic carbocycles. The van der Waals surface area contributed by atoms with Crippen molar-refractivity contribution in [3.8, 4) is 23.0 Å². The van der Waals surface area contributed by atoms with Crippen LogP contribution in [0.15, 0.2) is 35.2 Å². The summed E-state index contributed by atoms with van der Waals surface area (Å²) in [6.45, 7) is -0.442. The summed E-state index contributed by atoms with van der Waals surface area (Å²) in [7, 11) is 1.41. The maximum Gasteiger partial charge on any atom is 0.341 e. The molecule has 0 aliphatic carbocycles. The van der Waals surface area contributed by atoms with Crippen LogP contribution in [0.25, 0.3) is 6.08 Å². The van der Waals surface area contributed by atoms with Crippen LogP contribution in [0.1, 0.15) is 11.1 Å². The van der Waals surface area contributed by atoms with Crippen molar-refractivity contribution in [3.63, 3.8) is 0 Å². The largest absolute Gasteiger partial charge is 0.493 e. The number of methoxy groups -OCH3 is 1. The zero-order valence-electron chi connectivity index (χ0n) is 16.6. The molecular weight excluding hydrogens is 462 g/mol. The van der Waals surface area contributed by atoms with Crippen LogP contribution in [0.3, 0.4) is 0 Å². The molecule has 2 aliphatic heterocycles. The zero-order valence-corrected chi connectivity index (χ0v) is 18.2. The van der Waals surface area contributed by atoms with E-state index in [2.05, 4.69) is 0 Å². The van der Waals surface area contributed by atoms with Gasteiger partial charge in [-0.1, -0.05) is 17.7 Å². The number of carbonyl (C=O) groups excluding carboxylic acids is 2. The van der Waals surface area contributed by atoms with Crippen LogP contribution in [-0.4, -0.2) is 47.6 Å². The Kier molecular flexibility index (Phi) is 6.15. The minimum absolute atomic E-state index is 0.0111. The number of aliphatic carboxylic acids is 1. The molecule has 0 atom stereocenters. The monoisotopic (exact) mass is 477 g/mol. The number of nitrogens with zero attached hydrogens (tertiary/aromatic N) is 1. The third-order valence-corrected chi connectivity index (χ3v) is 5.84. The second-order valence-corrected chi connectivity index (χ2v) is 8.06. The molecule has 32 heavy (non-hydrogen) atoms. The second-order valence-electron chi connectivity index (χ2n) is 6.66. The van der Waals surface area contributed by atoms with Gasteiger partial charge < -0.3 is 24.1 Å². The van der Waals surface area contributed by atoms with Crippen molar-refractivity contribution in [3.05, 3.63) is 51.4 Å². The van der Waals surface area contributed by atoms with E-state index in [9.17, 15) is 14.4 Å². The molecule has 0 spiro atoms. The maximum absolute atomic E-state index is 12.9. The fourth-order valence-electron chi connectivity index (χ4n) is 3.07. The fraction of sp³-hybridized carbons (Fsp3) is 0.190. The van der Waals surface area contributed by atoms with Crippen molar-refractivity contribution in [2.45, 2.75) is 6.54 Å². The van der Waals surface area contributed by atoms with Crippen LogP contribution in [0.4, 0.5) is 4.79 Å². The van der Waals surface area contributed by atoms with Gasteiger partial charge in [0, 0.05) is 11.1 Å². The van der Waals surface area contributed by atoms with E-state index < -0.39 is 23.7 Å². The number of benzene rings is 2. The molecule has 2 amide bonds. The summed E-state index contributed by atoms with van der Waals surface area (Å²) in [6.07, 6.45) is 1.55. The van der Waals surface area contributed by atoms with Gasteiger partial charge in [0.15, 0.2) is 29.6 Å². The smallest absolute Gasteiger partial charge is 0.341 e. The van der Waals surface area contributed by atoms with Crippen molar-refractivity contribution >= 4 is 46.6 Å². The summed E-state index contributed by atoms with van der Waals surface area (Å²) in [5.41, 5.74) is 1.14. The van der Waals surface area contributed by atoms with E-state index in [1.807, 2.05) is 0 Å². The molecule has 2 heterocycles. The molecule has 0 unspecified atom stereocenters. The van der Waals surface area contributed by atoms with Crippen molar-refractivity contribution in [2.75, 3.05) is 20.5 Å². The first-order valence-electron chi connectivity index (χ1n) is 9.21. The number of amides is 2. The van der Waals surface area contributed by atoms with Gasteiger partial charge in [0.25, 0.3) is 11.1 Å². The molecule has 9 nitrogen and oxygen atoms in total. The molecule has 0 saturated carbocycles. The number of carbonyl (C=O) groups is 3. The first-order valence-corrected chi connectivity index (χ1v) is 10.4. The summed E-state index contributed by atoms with van der Waals surface area (Å²) in [5, 5.41) is 8.69. The lowest BCUT2D eigenvalue weighted by Crippen LogP contribution is -2.27. The van der Waals surface area contributed by atoms with Gasteiger partial charge in [0.1, 0.15) is 0 Å². The van der Waals surface area contributed by atoms with Crippen molar-refractivity contribution in [1.82, 2.24) is 4.90 Å². The fourth-order valence-corrected chi connectivity index (χ4v) is 4.12. The predicted octanol–water partition coefficient (Wildman–Crippen LogP) is 3.78. The lowest BCUT2D eigenvalue weighted by atomic mass is 10.1. The maximum atomic E-state index is 12.9. The standard InChI is InChI=1S/C21H16ClNO8S/c1-28-15-4-11(2-3-14(15)29-9-19(24)25)5-18-20(26)23(21(27)32-18)8-12-6-16-17(7-13(12)22)31-10-30-16/h2-7H,8-10H2,1H3,(H,24,25)/b18-5-.